The van der Waals surface area contributed by atoms with Crippen LogP contribution in [0.1, 0.15) is 59.6 Å². The van der Waals surface area contributed by atoms with Crippen LogP contribution < -0.4 is 5.32 Å². The molecule has 2 aliphatic heterocycles. The molecule has 1 aliphatic carbocycles. The summed E-state index contributed by atoms with van der Waals surface area (Å²) in [6.45, 7) is 0.713. The highest BCUT2D eigenvalue weighted by atomic mass is 32.2. The first kappa shape index (κ1) is 28.8. The first-order chi connectivity index (χ1) is 21.4. The number of sulfone groups is 1. The van der Waals surface area contributed by atoms with Crippen molar-refractivity contribution in [2.45, 2.75) is 55.6 Å². The maximum absolute atomic E-state index is 13.5. The highest BCUT2D eigenvalue weighted by molar-refractivity contribution is 7.91. The predicted octanol–water partition coefficient (Wildman–Crippen LogP) is 5.69. The molecule has 11 heteroatoms. The quantitative estimate of drug-likeness (QED) is 0.292. The smallest absolute Gasteiger partial charge is 0.254 e. The molecule has 2 fully saturated rings. The van der Waals surface area contributed by atoms with E-state index in [1.807, 2.05) is 29.8 Å². The number of carbonyl (C=O) groups is 2. The van der Waals surface area contributed by atoms with Crippen LogP contribution in [0.2, 0.25) is 0 Å². The van der Waals surface area contributed by atoms with Crippen LogP contribution in [-0.4, -0.2) is 60.0 Å². The number of ether oxygens (including phenoxy) is 1. The summed E-state index contributed by atoms with van der Waals surface area (Å²) < 4.78 is 30.9. The Labute approximate surface area is 260 Å². The summed E-state index contributed by atoms with van der Waals surface area (Å²) in [6.07, 6.45) is 6.74. The molecule has 0 unspecified atom stereocenters. The molecule has 7 rings (SSSR count). The number of thiazole rings is 1. The Morgan fingerprint density at radius 3 is 2.66 bits per heavy atom. The third kappa shape index (κ3) is 5.67. The van der Waals surface area contributed by atoms with E-state index < -0.39 is 15.9 Å². The molecule has 1 saturated heterocycles. The van der Waals surface area contributed by atoms with Gasteiger partial charge >= 0.3 is 0 Å². The summed E-state index contributed by atoms with van der Waals surface area (Å²) in [7, 11) is -3.56. The molecule has 1 atom stereocenters. The Morgan fingerprint density at radius 2 is 1.82 bits per heavy atom. The Kier molecular flexibility index (Phi) is 7.77. The van der Waals surface area contributed by atoms with Gasteiger partial charge in [-0.2, -0.15) is 0 Å². The standard InChI is InChI=1S/C33H32N4O5S2/c38-31(29-8-3-13-37(29)32(39)25-9-10-26-19-42-14-15-44(40,41)30(26)18-25)36-33-35-28(20-43-33)24-7-2-6-22(16-24)23-11-12-34-27(17-23)21-4-1-5-21/h2,6-7,9-12,16-18,20-21,29H,1,3-5,8,13-15,19H2,(H,35,36,38)/t29-/m0/s1. The van der Waals surface area contributed by atoms with E-state index in [1.54, 1.807) is 12.1 Å². The van der Waals surface area contributed by atoms with Gasteiger partial charge in [0.2, 0.25) is 5.91 Å². The molecule has 4 aromatic rings. The number of amides is 2. The molecule has 1 saturated carbocycles. The topological polar surface area (TPSA) is 119 Å². The largest absolute Gasteiger partial charge is 0.376 e. The van der Waals surface area contributed by atoms with Gasteiger partial charge in [-0.05, 0) is 72.7 Å². The highest BCUT2D eigenvalue weighted by Crippen LogP contribution is 2.37. The SMILES string of the molecule is O=C(Nc1nc(-c2cccc(-c3ccnc(C4CCC4)c3)c2)cs1)[C@@H]1CCCN1C(=O)c1ccc2c(c1)S(=O)(=O)CCOC2. The van der Waals surface area contributed by atoms with E-state index >= 15 is 0 Å². The summed E-state index contributed by atoms with van der Waals surface area (Å²) in [5.41, 5.74) is 5.86. The molecule has 3 aliphatic rings. The van der Waals surface area contributed by atoms with Gasteiger partial charge in [0, 0.05) is 40.9 Å². The van der Waals surface area contributed by atoms with Crippen molar-refractivity contribution < 1.29 is 22.7 Å². The van der Waals surface area contributed by atoms with Gasteiger partial charge in [-0.25, -0.2) is 13.4 Å². The lowest BCUT2D eigenvalue weighted by Gasteiger charge is -2.25. The molecule has 2 aromatic heterocycles. The van der Waals surface area contributed by atoms with Crippen LogP contribution in [-0.2, 0) is 26.0 Å². The van der Waals surface area contributed by atoms with Gasteiger partial charge in [-0.3, -0.25) is 14.6 Å². The molecule has 0 spiro atoms. The lowest BCUT2D eigenvalue weighted by molar-refractivity contribution is -0.119. The lowest BCUT2D eigenvalue weighted by atomic mass is 9.82. The minimum Gasteiger partial charge on any atom is -0.376 e. The zero-order valence-electron chi connectivity index (χ0n) is 24.1. The van der Waals surface area contributed by atoms with Crippen molar-refractivity contribution in [3.8, 4) is 22.4 Å². The highest BCUT2D eigenvalue weighted by Gasteiger charge is 2.36. The van der Waals surface area contributed by atoms with Crippen molar-refractivity contribution in [3.05, 3.63) is 83.0 Å². The Hall–Kier alpha value is -3.93. The van der Waals surface area contributed by atoms with Gasteiger partial charge in [0.1, 0.15) is 6.04 Å². The van der Waals surface area contributed by atoms with Crippen molar-refractivity contribution in [2.24, 2.45) is 0 Å². The fourth-order valence-corrected chi connectivity index (χ4v) is 8.18. The minimum absolute atomic E-state index is 0.116. The van der Waals surface area contributed by atoms with Gasteiger partial charge in [0.15, 0.2) is 15.0 Å². The summed E-state index contributed by atoms with van der Waals surface area (Å²) in [6, 6.07) is 16.4. The summed E-state index contributed by atoms with van der Waals surface area (Å²) in [5.74, 6) is -0.235. The van der Waals surface area contributed by atoms with Gasteiger partial charge < -0.3 is 15.0 Å². The normalized spacial score (nSPS) is 19.5. The van der Waals surface area contributed by atoms with Gasteiger partial charge in [-0.15, -0.1) is 11.3 Å². The van der Waals surface area contributed by atoms with Gasteiger partial charge in [0.05, 0.1) is 29.6 Å². The van der Waals surface area contributed by atoms with Crippen molar-refractivity contribution in [3.63, 3.8) is 0 Å². The number of carbonyl (C=O) groups excluding carboxylic acids is 2. The number of hydrogen-bond donors (Lipinski definition) is 1. The fraction of sp³-hybridized carbons (Fsp3) is 0.333. The van der Waals surface area contributed by atoms with Gasteiger partial charge in [0.25, 0.3) is 5.91 Å². The van der Waals surface area contributed by atoms with Crippen LogP contribution in [0.3, 0.4) is 0 Å². The maximum atomic E-state index is 13.5. The lowest BCUT2D eigenvalue weighted by Crippen LogP contribution is -2.43. The molecule has 0 bridgehead atoms. The second-order valence-electron chi connectivity index (χ2n) is 11.6. The molecule has 0 radical (unpaired) electrons. The van der Waals surface area contributed by atoms with E-state index in [0.717, 1.165) is 28.1 Å². The molecule has 9 nitrogen and oxygen atoms in total. The third-order valence-electron chi connectivity index (χ3n) is 8.75. The molecule has 4 heterocycles. The molecule has 226 valence electrons. The number of rotatable bonds is 6. The number of hydrogen-bond acceptors (Lipinski definition) is 8. The molecule has 1 N–H and O–H groups in total. The number of aromatic nitrogens is 2. The monoisotopic (exact) mass is 628 g/mol. The van der Waals surface area contributed by atoms with Crippen LogP contribution in [0.4, 0.5) is 5.13 Å². The van der Waals surface area contributed by atoms with E-state index in [9.17, 15) is 18.0 Å². The average Bonchev–Trinajstić information content (AvgIpc) is 3.66. The zero-order valence-corrected chi connectivity index (χ0v) is 25.7. The fourth-order valence-electron chi connectivity index (χ4n) is 6.07. The first-order valence-electron chi connectivity index (χ1n) is 14.9. The van der Waals surface area contributed by atoms with Crippen LogP contribution in [0, 0.1) is 0 Å². The summed E-state index contributed by atoms with van der Waals surface area (Å²) in [4.78, 5) is 37.8. The number of pyridine rings is 1. The average molecular weight is 629 g/mol. The van der Waals surface area contributed by atoms with Gasteiger partial charge in [-0.1, -0.05) is 30.7 Å². The van der Waals surface area contributed by atoms with Crippen LogP contribution in [0.5, 0.6) is 0 Å². The Bertz CT molecular complexity index is 1850. The van der Waals surface area contributed by atoms with Crippen LogP contribution in [0.25, 0.3) is 22.4 Å². The summed E-state index contributed by atoms with van der Waals surface area (Å²) >= 11 is 1.34. The molecular weight excluding hydrogens is 597 g/mol. The van der Waals surface area contributed by atoms with E-state index in [1.165, 1.54) is 41.6 Å². The molecule has 2 amide bonds. The van der Waals surface area contributed by atoms with Crippen LogP contribution >= 0.6 is 11.3 Å². The zero-order chi connectivity index (χ0) is 30.3. The maximum Gasteiger partial charge on any atom is 0.254 e. The number of likely N-dealkylation sites (tertiary alicyclic amines) is 1. The van der Waals surface area contributed by atoms with Crippen molar-refractivity contribution in [2.75, 3.05) is 24.2 Å². The van der Waals surface area contributed by atoms with Crippen molar-refractivity contribution in [1.82, 2.24) is 14.9 Å². The Balaban J connectivity index is 1.06. The van der Waals surface area contributed by atoms with E-state index in [0.29, 0.717) is 36.0 Å². The molecular formula is C33H32N4O5S2. The number of nitrogens with zero attached hydrogens (tertiary/aromatic N) is 3. The summed E-state index contributed by atoms with van der Waals surface area (Å²) in [5, 5.41) is 5.29. The van der Waals surface area contributed by atoms with Crippen LogP contribution in [0.15, 0.2) is 71.1 Å². The number of nitrogens with one attached hydrogen (secondary N) is 1. The Morgan fingerprint density at radius 1 is 0.977 bits per heavy atom. The minimum atomic E-state index is -3.56. The predicted molar refractivity (Wildman–Crippen MR) is 168 cm³/mol. The molecule has 2 aromatic carbocycles. The number of benzene rings is 2. The number of fused-ring (bicyclic) bond motifs is 1. The van der Waals surface area contributed by atoms with Crippen molar-refractivity contribution >= 4 is 38.1 Å². The third-order valence-corrected chi connectivity index (χ3v) is 11.3. The van der Waals surface area contributed by atoms with E-state index in [-0.39, 0.29) is 41.2 Å². The van der Waals surface area contributed by atoms with E-state index in [4.69, 9.17) is 4.74 Å². The van der Waals surface area contributed by atoms with Crippen molar-refractivity contribution in [1.29, 1.82) is 0 Å². The number of anilines is 1. The second-order valence-corrected chi connectivity index (χ2v) is 14.5. The second kappa shape index (κ2) is 11.9. The van der Waals surface area contributed by atoms with E-state index in [2.05, 4.69) is 33.5 Å². The first-order valence-corrected chi connectivity index (χ1v) is 17.5. The molecule has 44 heavy (non-hydrogen) atoms.